The summed E-state index contributed by atoms with van der Waals surface area (Å²) in [4.78, 5) is 45.4. The van der Waals surface area contributed by atoms with Crippen LogP contribution in [0.25, 0.3) is 0 Å². The van der Waals surface area contributed by atoms with Gasteiger partial charge in [-0.05, 0) is 57.1 Å². The molecule has 0 aliphatic carbocycles. The number of carbonyl (C=O) groups excluding carboxylic acids is 3. The molecule has 3 aliphatic heterocycles. The van der Waals surface area contributed by atoms with Crippen LogP contribution in [0.5, 0.6) is 0 Å². The fourth-order valence-electron chi connectivity index (χ4n) is 7.02. The lowest BCUT2D eigenvalue weighted by molar-refractivity contribution is -0.159. The van der Waals surface area contributed by atoms with Crippen molar-refractivity contribution < 1.29 is 29.0 Å². The molecule has 8 nitrogen and oxygen atoms in total. The zero-order valence-electron chi connectivity index (χ0n) is 22.8. The number of hydrogen-bond donors (Lipinski definition) is 1. The van der Waals surface area contributed by atoms with E-state index in [1.807, 2.05) is 39.0 Å². The smallest absolute Gasteiger partial charge is 0.313 e. The monoisotopic (exact) mass is 524 g/mol. The van der Waals surface area contributed by atoms with Crippen LogP contribution in [-0.4, -0.2) is 71.3 Å². The van der Waals surface area contributed by atoms with Crippen LogP contribution in [0.4, 0.5) is 5.69 Å². The fraction of sp³-hybridized carbons (Fsp3) is 0.567. The van der Waals surface area contributed by atoms with Crippen LogP contribution in [0.2, 0.25) is 0 Å². The predicted octanol–water partition coefficient (Wildman–Crippen LogP) is 3.48. The Bertz CT molecular complexity index is 1100. The van der Waals surface area contributed by atoms with Crippen LogP contribution in [0, 0.1) is 25.7 Å². The number of aryl methyl sites for hydroxylation is 2. The molecule has 2 unspecified atom stereocenters. The molecule has 0 saturated carbocycles. The number of aliphatic hydroxyl groups excluding tert-OH is 1. The summed E-state index contributed by atoms with van der Waals surface area (Å²) < 4.78 is 12.3. The maximum Gasteiger partial charge on any atom is 0.313 e. The number of carbonyl (C=O) groups is 3. The number of para-hydroxylation sites is 1. The molecule has 3 heterocycles. The molecule has 0 radical (unpaired) electrons. The molecule has 5 atom stereocenters. The summed E-state index contributed by atoms with van der Waals surface area (Å²) in [6.07, 6.45) is 5.82. The van der Waals surface area contributed by atoms with Crippen molar-refractivity contribution in [3.05, 3.63) is 54.6 Å². The minimum Gasteiger partial charge on any atom is -0.461 e. The second kappa shape index (κ2) is 11.0. The first-order valence-corrected chi connectivity index (χ1v) is 13.6. The number of hydrogen-bond acceptors (Lipinski definition) is 6. The quantitative estimate of drug-likeness (QED) is 0.256. The lowest BCUT2D eigenvalue weighted by atomic mass is 9.65. The molecule has 4 rings (SSSR count). The highest BCUT2D eigenvalue weighted by Gasteiger charge is 2.79. The van der Waals surface area contributed by atoms with E-state index in [0.717, 1.165) is 16.8 Å². The standard InChI is InChI=1S/C30H40N2O6/c1-6-16-31(24-20(4)12-11-13-21(24)5)27(35)25-30-15-14-29(8-3,38-30)23(28(36)37-19-7-2)22(30)26(34)32(25)17-9-10-18-33/h6-7,11-13,22-23,25,33H,1-2,8-10,14-19H2,3-5H3/t22-,23+,25?,29-,30?/m0/s1. The van der Waals surface area contributed by atoms with Crippen molar-refractivity contribution in [1.29, 1.82) is 0 Å². The molecule has 8 heteroatoms. The second-order valence-corrected chi connectivity index (χ2v) is 10.7. The van der Waals surface area contributed by atoms with Gasteiger partial charge in [-0.25, -0.2) is 0 Å². The normalized spacial score (nSPS) is 29.3. The van der Waals surface area contributed by atoms with Gasteiger partial charge in [0.25, 0.3) is 5.91 Å². The van der Waals surface area contributed by atoms with Gasteiger partial charge < -0.3 is 24.4 Å². The van der Waals surface area contributed by atoms with Gasteiger partial charge in [-0.2, -0.15) is 0 Å². The molecular formula is C30H40N2O6. The highest BCUT2D eigenvalue weighted by atomic mass is 16.6. The summed E-state index contributed by atoms with van der Waals surface area (Å²) in [5, 5.41) is 9.39. The van der Waals surface area contributed by atoms with Gasteiger partial charge >= 0.3 is 5.97 Å². The van der Waals surface area contributed by atoms with Crippen molar-refractivity contribution in [1.82, 2.24) is 4.90 Å². The van der Waals surface area contributed by atoms with E-state index in [0.29, 0.717) is 38.6 Å². The Balaban J connectivity index is 1.82. The van der Waals surface area contributed by atoms with Crippen molar-refractivity contribution in [2.45, 2.75) is 70.1 Å². The van der Waals surface area contributed by atoms with Gasteiger partial charge in [0.15, 0.2) is 0 Å². The fourth-order valence-corrected chi connectivity index (χ4v) is 7.02. The highest BCUT2D eigenvalue weighted by molar-refractivity contribution is 6.05. The Hall–Kier alpha value is -2.97. The van der Waals surface area contributed by atoms with Crippen molar-refractivity contribution in [3.8, 4) is 0 Å². The number of benzene rings is 1. The van der Waals surface area contributed by atoms with Gasteiger partial charge in [0, 0.05) is 25.4 Å². The van der Waals surface area contributed by atoms with E-state index in [1.54, 1.807) is 15.9 Å². The first-order valence-electron chi connectivity index (χ1n) is 13.6. The summed E-state index contributed by atoms with van der Waals surface area (Å²) in [5.74, 6) is -2.57. The third kappa shape index (κ3) is 4.28. The van der Waals surface area contributed by atoms with Crippen LogP contribution in [0.3, 0.4) is 0 Å². The van der Waals surface area contributed by atoms with Crippen LogP contribution in [-0.2, 0) is 23.9 Å². The number of fused-ring (bicyclic) bond motifs is 1. The summed E-state index contributed by atoms with van der Waals surface area (Å²) >= 11 is 0. The summed E-state index contributed by atoms with van der Waals surface area (Å²) in [6, 6.07) is 4.97. The average molecular weight is 525 g/mol. The van der Waals surface area contributed by atoms with Crippen molar-refractivity contribution >= 4 is 23.5 Å². The zero-order chi connectivity index (χ0) is 27.7. The molecule has 206 valence electrons. The number of esters is 1. The molecule has 0 aromatic heterocycles. The van der Waals surface area contributed by atoms with E-state index in [2.05, 4.69) is 13.2 Å². The van der Waals surface area contributed by atoms with E-state index in [-0.39, 0.29) is 31.6 Å². The van der Waals surface area contributed by atoms with Crippen LogP contribution >= 0.6 is 0 Å². The summed E-state index contributed by atoms with van der Waals surface area (Å²) in [5.41, 5.74) is 0.698. The number of ether oxygens (including phenoxy) is 2. The number of amides is 2. The number of nitrogens with zero attached hydrogens (tertiary/aromatic N) is 2. The minimum atomic E-state index is -1.13. The Morgan fingerprint density at radius 2 is 1.92 bits per heavy atom. The molecule has 3 aliphatic rings. The molecule has 3 fully saturated rings. The van der Waals surface area contributed by atoms with Crippen LogP contribution in [0.15, 0.2) is 43.5 Å². The molecule has 1 N–H and O–H groups in total. The number of unbranched alkanes of at least 4 members (excludes halogenated alkanes) is 1. The second-order valence-electron chi connectivity index (χ2n) is 10.7. The largest absolute Gasteiger partial charge is 0.461 e. The molecule has 38 heavy (non-hydrogen) atoms. The van der Waals surface area contributed by atoms with Gasteiger partial charge in [0.2, 0.25) is 5.91 Å². The molecule has 3 saturated heterocycles. The molecule has 1 spiro atoms. The first-order chi connectivity index (χ1) is 18.2. The van der Waals surface area contributed by atoms with Gasteiger partial charge in [-0.1, -0.05) is 43.9 Å². The average Bonchev–Trinajstić information content (AvgIpc) is 3.50. The Morgan fingerprint density at radius 1 is 1.21 bits per heavy atom. The number of anilines is 1. The van der Waals surface area contributed by atoms with Crippen LogP contribution < -0.4 is 4.90 Å². The summed E-state index contributed by atoms with van der Waals surface area (Å²) in [7, 11) is 0. The van der Waals surface area contributed by atoms with E-state index in [9.17, 15) is 19.5 Å². The topological polar surface area (TPSA) is 96.4 Å². The SMILES string of the molecule is C=CCOC(=O)[C@H]1[C@H]2C(=O)N(CCCCO)C(C(=O)N(CC=C)c3c(C)cccc3C)C23CC[C@]1(CC)O3. The van der Waals surface area contributed by atoms with E-state index in [1.165, 1.54) is 6.08 Å². The highest BCUT2D eigenvalue weighted by Crippen LogP contribution is 2.64. The van der Waals surface area contributed by atoms with Gasteiger partial charge in [-0.3, -0.25) is 14.4 Å². The minimum absolute atomic E-state index is 0.00778. The van der Waals surface area contributed by atoms with Gasteiger partial charge in [0.1, 0.15) is 24.2 Å². The lowest BCUT2D eigenvalue weighted by Gasteiger charge is -2.37. The van der Waals surface area contributed by atoms with Gasteiger partial charge in [-0.15, -0.1) is 6.58 Å². The Morgan fingerprint density at radius 3 is 2.53 bits per heavy atom. The number of aliphatic hydroxyl groups is 1. The Kier molecular flexibility index (Phi) is 8.14. The van der Waals surface area contributed by atoms with Crippen molar-refractivity contribution in [2.75, 3.05) is 31.2 Å². The molecular weight excluding hydrogens is 484 g/mol. The van der Waals surface area contributed by atoms with Gasteiger partial charge in [0.05, 0.1) is 11.5 Å². The molecule has 1 aromatic carbocycles. The third-order valence-electron chi connectivity index (χ3n) is 8.61. The Labute approximate surface area is 225 Å². The molecule has 1 aromatic rings. The van der Waals surface area contributed by atoms with Crippen LogP contribution in [0.1, 0.15) is 50.2 Å². The van der Waals surface area contributed by atoms with E-state index >= 15 is 0 Å². The molecule has 2 bridgehead atoms. The molecule has 2 amide bonds. The lowest BCUT2D eigenvalue weighted by Crippen LogP contribution is -2.56. The number of rotatable bonds is 12. The van der Waals surface area contributed by atoms with Crippen molar-refractivity contribution in [2.24, 2.45) is 11.8 Å². The van der Waals surface area contributed by atoms with E-state index in [4.69, 9.17) is 9.47 Å². The maximum atomic E-state index is 14.6. The first kappa shape index (κ1) is 28.0. The summed E-state index contributed by atoms with van der Waals surface area (Å²) in [6.45, 7) is 14.0. The third-order valence-corrected chi connectivity index (χ3v) is 8.61. The maximum absolute atomic E-state index is 14.6. The predicted molar refractivity (Wildman–Crippen MR) is 144 cm³/mol. The number of likely N-dealkylation sites (tertiary alicyclic amines) is 1. The zero-order valence-corrected chi connectivity index (χ0v) is 22.8. The van der Waals surface area contributed by atoms with Crippen molar-refractivity contribution in [3.63, 3.8) is 0 Å². The van der Waals surface area contributed by atoms with E-state index < -0.39 is 35.0 Å².